The van der Waals surface area contributed by atoms with Gasteiger partial charge in [0.2, 0.25) is 0 Å². The van der Waals surface area contributed by atoms with Gasteiger partial charge in [-0.15, -0.1) is 0 Å². The molecule has 0 saturated heterocycles. The molecule has 0 bridgehead atoms. The van der Waals surface area contributed by atoms with Gasteiger partial charge in [0, 0.05) is 23.8 Å². The second-order valence-corrected chi connectivity index (χ2v) is 5.27. The van der Waals surface area contributed by atoms with Crippen molar-refractivity contribution < 1.29 is 4.79 Å². The van der Waals surface area contributed by atoms with Crippen LogP contribution in [0.15, 0.2) is 24.3 Å². The van der Waals surface area contributed by atoms with Crippen molar-refractivity contribution in [2.24, 2.45) is 5.92 Å². The van der Waals surface area contributed by atoms with Crippen LogP contribution in [0.4, 0.5) is 5.69 Å². The molecule has 0 aromatic heterocycles. The number of rotatable bonds is 7. The summed E-state index contributed by atoms with van der Waals surface area (Å²) < 4.78 is 0. The lowest BCUT2D eigenvalue weighted by molar-refractivity contribution is 0.0943. The number of carbonyl (C=O) groups is 1. The average Bonchev–Trinajstić information content (AvgIpc) is 2.39. The predicted octanol–water partition coefficient (Wildman–Crippen LogP) is 3.67. The minimum absolute atomic E-state index is 0.0125. The van der Waals surface area contributed by atoms with E-state index in [0.717, 1.165) is 12.2 Å². The highest BCUT2D eigenvalue weighted by Gasteiger charge is 2.07. The van der Waals surface area contributed by atoms with E-state index in [1.807, 2.05) is 38.1 Å². The van der Waals surface area contributed by atoms with E-state index in [1.165, 1.54) is 12.8 Å². The molecule has 1 rings (SSSR count). The van der Waals surface area contributed by atoms with E-state index in [1.54, 1.807) is 0 Å². The molecule has 1 aromatic rings. The number of amides is 1. The first kappa shape index (κ1) is 15.5. The zero-order valence-electron chi connectivity index (χ0n) is 12.5. The third-order valence-electron chi connectivity index (χ3n) is 3.32. The fraction of sp³-hybridized carbons (Fsp3) is 0.562. The number of carbonyl (C=O) groups excluding carboxylic acids is 1. The van der Waals surface area contributed by atoms with Crippen LogP contribution in [0, 0.1) is 5.92 Å². The molecule has 0 aliphatic carbocycles. The third-order valence-corrected chi connectivity index (χ3v) is 3.32. The summed E-state index contributed by atoms with van der Waals surface area (Å²) in [5, 5.41) is 6.31. The molecule has 3 nitrogen and oxygen atoms in total. The molecule has 2 N–H and O–H groups in total. The van der Waals surface area contributed by atoms with Crippen LogP contribution in [0.5, 0.6) is 0 Å². The van der Waals surface area contributed by atoms with E-state index < -0.39 is 0 Å². The van der Waals surface area contributed by atoms with Crippen LogP contribution in [0.2, 0.25) is 0 Å². The van der Waals surface area contributed by atoms with Crippen LogP contribution in [0.25, 0.3) is 0 Å². The third kappa shape index (κ3) is 5.33. The molecule has 0 unspecified atom stereocenters. The van der Waals surface area contributed by atoms with Crippen molar-refractivity contribution in [2.75, 3.05) is 11.9 Å². The van der Waals surface area contributed by atoms with Crippen molar-refractivity contribution in [3.05, 3.63) is 29.8 Å². The minimum Gasteiger partial charge on any atom is -0.385 e. The summed E-state index contributed by atoms with van der Waals surface area (Å²) in [6, 6.07) is 7.84. The molecule has 19 heavy (non-hydrogen) atoms. The van der Waals surface area contributed by atoms with E-state index >= 15 is 0 Å². The maximum atomic E-state index is 11.8. The smallest absolute Gasteiger partial charge is 0.251 e. The highest BCUT2D eigenvalue weighted by molar-refractivity contribution is 5.94. The SMILES string of the molecule is CCC(CC)CNc1ccc(C(=O)NC(C)C)cc1. The van der Waals surface area contributed by atoms with Gasteiger partial charge in [-0.3, -0.25) is 4.79 Å². The van der Waals surface area contributed by atoms with Crippen molar-refractivity contribution in [1.29, 1.82) is 0 Å². The standard InChI is InChI=1S/C16H26N2O/c1-5-13(6-2)11-17-15-9-7-14(8-10-15)16(19)18-12(3)4/h7-10,12-13,17H,5-6,11H2,1-4H3,(H,18,19). The zero-order chi connectivity index (χ0) is 14.3. The van der Waals surface area contributed by atoms with Crippen LogP contribution >= 0.6 is 0 Å². The zero-order valence-corrected chi connectivity index (χ0v) is 12.5. The normalized spacial score (nSPS) is 10.8. The van der Waals surface area contributed by atoms with E-state index in [-0.39, 0.29) is 11.9 Å². The van der Waals surface area contributed by atoms with Gasteiger partial charge in [-0.1, -0.05) is 26.7 Å². The van der Waals surface area contributed by atoms with Crippen molar-refractivity contribution in [2.45, 2.75) is 46.6 Å². The van der Waals surface area contributed by atoms with Gasteiger partial charge in [0.15, 0.2) is 0 Å². The Hall–Kier alpha value is -1.51. The van der Waals surface area contributed by atoms with Gasteiger partial charge in [-0.2, -0.15) is 0 Å². The number of nitrogens with one attached hydrogen (secondary N) is 2. The molecule has 0 radical (unpaired) electrons. The second-order valence-electron chi connectivity index (χ2n) is 5.27. The molecular weight excluding hydrogens is 236 g/mol. The Morgan fingerprint density at radius 1 is 1.11 bits per heavy atom. The second kappa shape index (κ2) is 7.82. The Morgan fingerprint density at radius 3 is 2.16 bits per heavy atom. The lowest BCUT2D eigenvalue weighted by Crippen LogP contribution is -2.29. The summed E-state index contributed by atoms with van der Waals surface area (Å²) in [6.45, 7) is 9.35. The van der Waals surface area contributed by atoms with Crippen LogP contribution in [-0.2, 0) is 0 Å². The van der Waals surface area contributed by atoms with Crippen molar-refractivity contribution >= 4 is 11.6 Å². The van der Waals surface area contributed by atoms with Gasteiger partial charge in [0.25, 0.3) is 5.91 Å². The van der Waals surface area contributed by atoms with Gasteiger partial charge < -0.3 is 10.6 Å². The van der Waals surface area contributed by atoms with E-state index in [2.05, 4.69) is 24.5 Å². The number of hydrogen-bond donors (Lipinski definition) is 2. The van der Waals surface area contributed by atoms with Crippen molar-refractivity contribution in [3.8, 4) is 0 Å². The summed E-state index contributed by atoms with van der Waals surface area (Å²) in [7, 11) is 0. The highest BCUT2D eigenvalue weighted by atomic mass is 16.1. The first-order valence-electron chi connectivity index (χ1n) is 7.21. The Labute approximate surface area is 116 Å². The summed E-state index contributed by atoms with van der Waals surface area (Å²) in [5.74, 6) is 0.699. The van der Waals surface area contributed by atoms with Crippen LogP contribution < -0.4 is 10.6 Å². The Bertz CT molecular complexity index is 380. The van der Waals surface area contributed by atoms with Crippen molar-refractivity contribution in [3.63, 3.8) is 0 Å². The average molecular weight is 262 g/mol. The molecule has 3 heteroatoms. The predicted molar refractivity (Wildman–Crippen MR) is 81.6 cm³/mol. The minimum atomic E-state index is -0.0125. The summed E-state index contributed by atoms with van der Waals surface area (Å²) in [6.07, 6.45) is 2.39. The molecule has 0 spiro atoms. The van der Waals surface area contributed by atoms with Gasteiger partial charge in [0.05, 0.1) is 0 Å². The molecule has 0 aliphatic rings. The molecule has 0 aliphatic heterocycles. The van der Waals surface area contributed by atoms with Crippen LogP contribution in [0.3, 0.4) is 0 Å². The van der Waals surface area contributed by atoms with Gasteiger partial charge >= 0.3 is 0 Å². The molecule has 0 saturated carbocycles. The maximum Gasteiger partial charge on any atom is 0.251 e. The lowest BCUT2D eigenvalue weighted by Gasteiger charge is -2.14. The Morgan fingerprint density at radius 2 is 1.68 bits per heavy atom. The molecule has 0 atom stereocenters. The number of benzene rings is 1. The van der Waals surface area contributed by atoms with Crippen molar-refractivity contribution in [1.82, 2.24) is 5.32 Å². The summed E-state index contributed by atoms with van der Waals surface area (Å²) in [4.78, 5) is 11.8. The number of anilines is 1. The quantitative estimate of drug-likeness (QED) is 0.787. The Kier molecular flexibility index (Phi) is 6.40. The largest absolute Gasteiger partial charge is 0.385 e. The van der Waals surface area contributed by atoms with E-state index in [9.17, 15) is 4.79 Å². The molecule has 1 aromatic carbocycles. The summed E-state index contributed by atoms with van der Waals surface area (Å²) >= 11 is 0. The Balaban J connectivity index is 2.54. The summed E-state index contributed by atoms with van der Waals surface area (Å²) in [5.41, 5.74) is 1.79. The van der Waals surface area contributed by atoms with E-state index in [4.69, 9.17) is 0 Å². The maximum absolute atomic E-state index is 11.8. The molecule has 106 valence electrons. The van der Waals surface area contributed by atoms with E-state index in [0.29, 0.717) is 11.5 Å². The van der Waals surface area contributed by atoms with Gasteiger partial charge in [-0.25, -0.2) is 0 Å². The lowest BCUT2D eigenvalue weighted by atomic mass is 10.0. The molecular formula is C16H26N2O. The fourth-order valence-corrected chi connectivity index (χ4v) is 1.92. The topological polar surface area (TPSA) is 41.1 Å². The van der Waals surface area contributed by atoms with Gasteiger partial charge in [0.1, 0.15) is 0 Å². The fourth-order valence-electron chi connectivity index (χ4n) is 1.92. The van der Waals surface area contributed by atoms with Crippen LogP contribution in [0.1, 0.15) is 50.9 Å². The molecule has 0 fully saturated rings. The van der Waals surface area contributed by atoms with Crippen LogP contribution in [-0.4, -0.2) is 18.5 Å². The monoisotopic (exact) mass is 262 g/mol. The molecule has 0 heterocycles. The number of hydrogen-bond acceptors (Lipinski definition) is 2. The highest BCUT2D eigenvalue weighted by Crippen LogP contribution is 2.13. The van der Waals surface area contributed by atoms with Gasteiger partial charge in [-0.05, 0) is 44.0 Å². The molecule has 1 amide bonds. The first-order chi connectivity index (χ1) is 9.06. The first-order valence-corrected chi connectivity index (χ1v) is 7.21.